The summed E-state index contributed by atoms with van der Waals surface area (Å²) in [6, 6.07) is 18.3. The van der Waals surface area contributed by atoms with Crippen LogP contribution in [-0.2, 0) is 4.74 Å². The molecule has 1 saturated heterocycles. The summed E-state index contributed by atoms with van der Waals surface area (Å²) in [4.78, 5) is 13.8. The largest absolute Gasteiger partial charge is 0.459 e. The Kier molecular flexibility index (Phi) is 5.65. The van der Waals surface area contributed by atoms with Crippen LogP contribution in [0.4, 0.5) is 0 Å². The molecule has 1 aliphatic heterocycles. The highest BCUT2D eigenvalue weighted by Gasteiger charge is 2.27. The molecule has 10 heteroatoms. The second kappa shape index (κ2) is 9.10. The van der Waals surface area contributed by atoms with Crippen molar-refractivity contribution in [1.82, 2.24) is 29.9 Å². The number of pyridine rings is 1. The molecule has 1 fully saturated rings. The molecule has 4 heterocycles. The van der Waals surface area contributed by atoms with Gasteiger partial charge in [0, 0.05) is 12.0 Å². The highest BCUT2D eigenvalue weighted by molar-refractivity contribution is 6.33. The summed E-state index contributed by atoms with van der Waals surface area (Å²) in [5, 5.41) is 18.0. The molecule has 3 aromatic heterocycles. The van der Waals surface area contributed by atoms with Gasteiger partial charge in [-0.15, -0.1) is 0 Å². The average molecular weight is 489 g/mol. The fourth-order valence-electron chi connectivity index (χ4n) is 4.15. The van der Waals surface area contributed by atoms with Gasteiger partial charge in [0.15, 0.2) is 5.65 Å². The fourth-order valence-corrected chi connectivity index (χ4v) is 4.41. The predicted molar refractivity (Wildman–Crippen MR) is 131 cm³/mol. The number of aromatic amines is 1. The summed E-state index contributed by atoms with van der Waals surface area (Å²) in [6.45, 7) is 0.393. The molecule has 0 unspecified atom stereocenters. The number of imidazole rings is 1. The Bertz CT molecular complexity index is 1450. The predicted octanol–water partition coefficient (Wildman–Crippen LogP) is 4.05. The number of H-pyrrole nitrogens is 1. The highest BCUT2D eigenvalue weighted by Crippen LogP contribution is 2.31. The zero-order valence-electron chi connectivity index (χ0n) is 18.5. The zero-order chi connectivity index (χ0) is 23.8. The lowest BCUT2D eigenvalue weighted by Gasteiger charge is -2.07. The molecule has 0 spiro atoms. The Morgan fingerprint density at radius 2 is 1.69 bits per heavy atom. The van der Waals surface area contributed by atoms with E-state index in [-0.39, 0.29) is 18.8 Å². The van der Waals surface area contributed by atoms with Crippen LogP contribution in [0, 0.1) is 0 Å². The molecule has 35 heavy (non-hydrogen) atoms. The van der Waals surface area contributed by atoms with Crippen LogP contribution in [0.3, 0.4) is 0 Å². The van der Waals surface area contributed by atoms with Crippen molar-refractivity contribution in [3.8, 4) is 34.1 Å². The van der Waals surface area contributed by atoms with Gasteiger partial charge in [-0.25, -0.2) is 4.98 Å². The maximum Gasteiger partial charge on any atom is 0.296 e. The van der Waals surface area contributed by atoms with Crippen molar-refractivity contribution in [1.29, 1.82) is 0 Å². The summed E-state index contributed by atoms with van der Waals surface area (Å²) < 4.78 is 11.3. The van der Waals surface area contributed by atoms with Gasteiger partial charge in [0.05, 0.1) is 53.6 Å². The molecule has 0 radical (unpaired) electrons. The number of hydrogen-bond donors (Lipinski definition) is 2. The van der Waals surface area contributed by atoms with E-state index in [0.717, 1.165) is 22.4 Å². The first kappa shape index (κ1) is 21.7. The summed E-state index contributed by atoms with van der Waals surface area (Å²) >= 11 is 6.57. The minimum atomic E-state index is -0.196. The van der Waals surface area contributed by atoms with E-state index in [2.05, 4.69) is 25.1 Å². The minimum Gasteiger partial charge on any atom is -0.459 e. The van der Waals surface area contributed by atoms with Crippen LogP contribution in [0.25, 0.3) is 39.2 Å². The van der Waals surface area contributed by atoms with Crippen LogP contribution in [-0.4, -0.2) is 60.5 Å². The van der Waals surface area contributed by atoms with Crippen molar-refractivity contribution >= 4 is 22.8 Å². The van der Waals surface area contributed by atoms with Gasteiger partial charge in [0.25, 0.3) is 6.01 Å². The van der Waals surface area contributed by atoms with E-state index in [9.17, 15) is 5.11 Å². The molecule has 2 N–H and O–H groups in total. The quantitative estimate of drug-likeness (QED) is 0.371. The number of hydrogen-bond acceptors (Lipinski definition) is 7. The van der Waals surface area contributed by atoms with Gasteiger partial charge in [0.1, 0.15) is 6.10 Å². The molecule has 5 aromatic rings. The Labute approximate surface area is 205 Å². The van der Waals surface area contributed by atoms with Gasteiger partial charge in [-0.2, -0.15) is 20.0 Å². The molecule has 2 atom stereocenters. The van der Waals surface area contributed by atoms with E-state index >= 15 is 0 Å². The lowest BCUT2D eigenvalue weighted by molar-refractivity contribution is 0.0528. The SMILES string of the molecule is OC[C@@H]1C[C@H](Oc2nc3nc(-c4ccc(-c5ccc(-n6nccn6)cc5)cc4)c(Cl)cc3[nH]2)CO1. The first-order valence-electron chi connectivity index (χ1n) is 11.2. The maximum absolute atomic E-state index is 9.23. The number of benzene rings is 2. The van der Waals surface area contributed by atoms with E-state index in [4.69, 9.17) is 21.1 Å². The van der Waals surface area contributed by atoms with Crippen LogP contribution in [0.15, 0.2) is 67.0 Å². The second-order valence-electron chi connectivity index (χ2n) is 8.29. The topological polar surface area (TPSA) is 111 Å². The summed E-state index contributed by atoms with van der Waals surface area (Å²) in [5.74, 6) is 0. The Morgan fingerprint density at radius 3 is 2.37 bits per heavy atom. The number of fused-ring (bicyclic) bond motifs is 1. The van der Waals surface area contributed by atoms with Crippen molar-refractivity contribution in [3.63, 3.8) is 0 Å². The third kappa shape index (κ3) is 4.37. The van der Waals surface area contributed by atoms with Crippen molar-refractivity contribution in [2.45, 2.75) is 18.6 Å². The number of aromatic nitrogens is 6. The maximum atomic E-state index is 9.23. The molecule has 0 aliphatic carbocycles. The van der Waals surface area contributed by atoms with Gasteiger partial charge in [-0.05, 0) is 29.3 Å². The van der Waals surface area contributed by atoms with E-state index in [1.807, 2.05) is 48.5 Å². The standard InChI is InChI=1S/C25H21ClN6O3/c26-21-12-22-24(31-25(29-22)35-20-11-19(13-33)34-14-20)30-23(21)17-3-1-15(2-4-17)16-5-7-18(8-6-16)32-27-9-10-28-32/h1-10,12,19-20,33H,11,13-14H2,(H,29,30,31)/t19-,20-/m0/s1. The molecule has 1 aliphatic rings. The number of ether oxygens (including phenoxy) is 2. The normalized spacial score (nSPS) is 17.8. The molecule has 0 amide bonds. The molecular weight excluding hydrogens is 468 g/mol. The van der Waals surface area contributed by atoms with Crippen molar-refractivity contribution < 1.29 is 14.6 Å². The summed E-state index contributed by atoms with van der Waals surface area (Å²) in [5.41, 5.74) is 5.79. The van der Waals surface area contributed by atoms with Gasteiger partial charge in [0.2, 0.25) is 0 Å². The van der Waals surface area contributed by atoms with Gasteiger partial charge in [-0.1, -0.05) is 48.0 Å². The summed E-state index contributed by atoms with van der Waals surface area (Å²) in [7, 11) is 0. The van der Waals surface area contributed by atoms with Crippen LogP contribution in [0.2, 0.25) is 5.02 Å². The third-order valence-corrected chi connectivity index (χ3v) is 6.23. The molecule has 9 nitrogen and oxygen atoms in total. The number of nitrogens with zero attached hydrogens (tertiary/aromatic N) is 5. The number of aliphatic hydroxyl groups is 1. The lowest BCUT2D eigenvalue weighted by atomic mass is 10.0. The fraction of sp³-hybridized carbons (Fsp3) is 0.200. The smallest absolute Gasteiger partial charge is 0.296 e. The van der Waals surface area contributed by atoms with Crippen LogP contribution in [0.1, 0.15) is 6.42 Å². The average Bonchev–Trinajstić information content (AvgIpc) is 3.65. The molecule has 6 rings (SSSR count). The minimum absolute atomic E-state index is 0.0205. The van der Waals surface area contributed by atoms with E-state index < -0.39 is 0 Å². The molecular formula is C25H21ClN6O3. The van der Waals surface area contributed by atoms with E-state index in [1.54, 1.807) is 23.3 Å². The van der Waals surface area contributed by atoms with Crippen molar-refractivity contribution in [3.05, 3.63) is 72.0 Å². The van der Waals surface area contributed by atoms with Crippen LogP contribution < -0.4 is 4.74 Å². The van der Waals surface area contributed by atoms with E-state index in [0.29, 0.717) is 40.9 Å². The van der Waals surface area contributed by atoms with Crippen molar-refractivity contribution in [2.24, 2.45) is 0 Å². The van der Waals surface area contributed by atoms with Gasteiger partial charge in [-0.3, -0.25) is 0 Å². The number of halogens is 1. The first-order valence-corrected chi connectivity index (χ1v) is 11.6. The van der Waals surface area contributed by atoms with Crippen LogP contribution >= 0.6 is 11.6 Å². The first-order chi connectivity index (χ1) is 17.2. The Balaban J connectivity index is 1.22. The molecule has 176 valence electrons. The Hall–Kier alpha value is -3.79. The molecule has 0 bridgehead atoms. The molecule has 2 aromatic carbocycles. The second-order valence-corrected chi connectivity index (χ2v) is 8.70. The van der Waals surface area contributed by atoms with Gasteiger partial charge < -0.3 is 19.6 Å². The highest BCUT2D eigenvalue weighted by atomic mass is 35.5. The third-order valence-electron chi connectivity index (χ3n) is 5.94. The Morgan fingerprint density at radius 1 is 1.00 bits per heavy atom. The lowest BCUT2D eigenvalue weighted by Crippen LogP contribution is -2.17. The zero-order valence-corrected chi connectivity index (χ0v) is 19.3. The number of nitrogens with one attached hydrogen (secondary N) is 1. The van der Waals surface area contributed by atoms with Crippen LogP contribution in [0.5, 0.6) is 6.01 Å². The monoisotopic (exact) mass is 488 g/mol. The summed E-state index contributed by atoms with van der Waals surface area (Å²) in [6.07, 6.45) is 3.55. The number of aliphatic hydroxyl groups excluding tert-OH is 1. The van der Waals surface area contributed by atoms with Crippen molar-refractivity contribution in [2.75, 3.05) is 13.2 Å². The number of rotatable bonds is 6. The molecule has 0 saturated carbocycles. The van der Waals surface area contributed by atoms with Gasteiger partial charge >= 0.3 is 0 Å². The van der Waals surface area contributed by atoms with E-state index in [1.165, 1.54) is 0 Å².